The fourth-order valence-electron chi connectivity index (χ4n) is 2.35. The van der Waals surface area contributed by atoms with Gasteiger partial charge in [0.15, 0.2) is 0 Å². The summed E-state index contributed by atoms with van der Waals surface area (Å²) in [6, 6.07) is 11.0. The highest BCUT2D eigenvalue weighted by atomic mass is 79.9. The number of hydrogen-bond donors (Lipinski definition) is 2. The monoisotopic (exact) mass is 386 g/mol. The summed E-state index contributed by atoms with van der Waals surface area (Å²) >= 11 is 3.44. The van der Waals surface area contributed by atoms with E-state index in [-0.39, 0.29) is 17.7 Å². The zero-order valence-corrected chi connectivity index (χ0v) is 15.2. The van der Waals surface area contributed by atoms with Crippen LogP contribution in [0.25, 0.3) is 0 Å². The molecule has 2 aromatic rings. The lowest BCUT2D eigenvalue weighted by atomic mass is 10.1. The van der Waals surface area contributed by atoms with Crippen LogP contribution in [-0.2, 0) is 4.79 Å². The summed E-state index contributed by atoms with van der Waals surface area (Å²) < 4.78 is 0.899. The number of halogens is 1. The highest BCUT2D eigenvalue weighted by Crippen LogP contribution is 2.31. The fraction of sp³-hybridized carbons (Fsp3) is 0.263. The number of benzene rings is 2. The smallest absolute Gasteiger partial charge is 0.255 e. The van der Waals surface area contributed by atoms with Crippen LogP contribution in [0.4, 0.5) is 11.4 Å². The number of amides is 2. The largest absolute Gasteiger partial charge is 0.326 e. The minimum Gasteiger partial charge on any atom is -0.326 e. The Bertz CT molecular complexity index is 813. The van der Waals surface area contributed by atoms with Gasteiger partial charge >= 0.3 is 0 Å². The van der Waals surface area contributed by atoms with Crippen molar-refractivity contribution in [3.8, 4) is 0 Å². The molecule has 0 radical (unpaired) electrons. The molecule has 1 aliphatic rings. The van der Waals surface area contributed by atoms with E-state index in [1.54, 1.807) is 18.2 Å². The van der Waals surface area contributed by atoms with E-state index >= 15 is 0 Å². The number of anilines is 2. The predicted molar refractivity (Wildman–Crippen MR) is 99.4 cm³/mol. The number of carbonyl (C=O) groups excluding carboxylic acids is 2. The van der Waals surface area contributed by atoms with Crippen LogP contribution in [0.1, 0.15) is 34.3 Å². The Balaban J connectivity index is 1.75. The highest BCUT2D eigenvalue weighted by molar-refractivity contribution is 9.10. The van der Waals surface area contributed by atoms with Gasteiger partial charge in [0.2, 0.25) is 5.91 Å². The molecule has 5 heteroatoms. The van der Waals surface area contributed by atoms with Crippen molar-refractivity contribution in [3.05, 3.63) is 57.6 Å². The zero-order chi connectivity index (χ0) is 17.3. The second-order valence-corrected chi connectivity index (χ2v) is 7.07. The molecule has 0 heterocycles. The molecule has 3 rings (SSSR count). The summed E-state index contributed by atoms with van der Waals surface area (Å²) in [5.74, 6) is 0.0237. The second kappa shape index (κ2) is 6.77. The van der Waals surface area contributed by atoms with E-state index < -0.39 is 0 Å². The number of rotatable bonds is 4. The van der Waals surface area contributed by atoms with Crippen molar-refractivity contribution in [2.24, 2.45) is 5.92 Å². The first kappa shape index (κ1) is 16.7. The second-order valence-electron chi connectivity index (χ2n) is 6.21. The molecular formula is C19H19BrN2O2. The van der Waals surface area contributed by atoms with Gasteiger partial charge in [-0.3, -0.25) is 9.59 Å². The summed E-state index contributed by atoms with van der Waals surface area (Å²) in [5.41, 5.74) is 4.03. The molecule has 124 valence electrons. The highest BCUT2D eigenvalue weighted by Gasteiger charge is 2.29. The topological polar surface area (TPSA) is 58.2 Å². The molecule has 4 nitrogen and oxygen atoms in total. The average Bonchev–Trinajstić information content (AvgIpc) is 3.38. The van der Waals surface area contributed by atoms with Crippen molar-refractivity contribution in [3.63, 3.8) is 0 Å². The van der Waals surface area contributed by atoms with Crippen LogP contribution in [0.2, 0.25) is 0 Å². The summed E-state index contributed by atoms with van der Waals surface area (Å²) in [6.07, 6.45) is 1.92. The zero-order valence-electron chi connectivity index (χ0n) is 13.7. The minimum absolute atomic E-state index is 0.0593. The number of aryl methyl sites for hydroxylation is 2. The standard InChI is InChI=1S/C19H19BrN2O2/c1-11-3-5-14(9-16(11)20)19(24)21-15-8-4-12(2)17(10-15)22-18(23)13-6-7-13/h3-5,8-10,13H,6-7H2,1-2H3,(H,21,24)(H,22,23). The fourth-order valence-corrected chi connectivity index (χ4v) is 2.73. The van der Waals surface area contributed by atoms with Gasteiger partial charge in [0.25, 0.3) is 5.91 Å². The van der Waals surface area contributed by atoms with Gasteiger partial charge in [-0.15, -0.1) is 0 Å². The van der Waals surface area contributed by atoms with Gasteiger partial charge in [0.05, 0.1) is 0 Å². The number of carbonyl (C=O) groups is 2. The molecule has 24 heavy (non-hydrogen) atoms. The molecule has 0 spiro atoms. The van der Waals surface area contributed by atoms with Crippen molar-refractivity contribution in [1.82, 2.24) is 0 Å². The van der Waals surface area contributed by atoms with E-state index in [1.165, 1.54) is 0 Å². The quantitative estimate of drug-likeness (QED) is 0.801. The van der Waals surface area contributed by atoms with E-state index in [1.807, 2.05) is 32.0 Å². The van der Waals surface area contributed by atoms with Crippen LogP contribution in [0, 0.1) is 19.8 Å². The van der Waals surface area contributed by atoms with Crippen molar-refractivity contribution in [2.45, 2.75) is 26.7 Å². The predicted octanol–water partition coefficient (Wildman–Crippen LogP) is 4.67. The van der Waals surface area contributed by atoms with Crippen molar-refractivity contribution in [1.29, 1.82) is 0 Å². The molecule has 1 fully saturated rings. The Labute approximate surface area is 149 Å². The molecule has 0 aliphatic heterocycles. The van der Waals surface area contributed by atoms with Crippen LogP contribution in [0.15, 0.2) is 40.9 Å². The summed E-state index contributed by atoms with van der Waals surface area (Å²) in [6.45, 7) is 3.91. The van der Waals surface area contributed by atoms with Crippen molar-refractivity contribution >= 4 is 39.1 Å². The Kier molecular flexibility index (Phi) is 4.71. The molecule has 0 atom stereocenters. The molecule has 2 N–H and O–H groups in total. The molecule has 1 aliphatic carbocycles. The molecule has 1 saturated carbocycles. The molecule has 0 bridgehead atoms. The Morgan fingerprint density at radius 3 is 2.38 bits per heavy atom. The first-order valence-corrected chi connectivity index (χ1v) is 8.72. The summed E-state index contributed by atoms with van der Waals surface area (Å²) in [7, 11) is 0. The Hall–Kier alpha value is -2.14. The lowest BCUT2D eigenvalue weighted by molar-refractivity contribution is -0.117. The molecule has 2 aromatic carbocycles. The molecule has 0 aromatic heterocycles. The first-order valence-electron chi connectivity index (χ1n) is 7.93. The maximum atomic E-state index is 12.4. The Morgan fingerprint density at radius 2 is 1.71 bits per heavy atom. The number of nitrogens with one attached hydrogen (secondary N) is 2. The maximum Gasteiger partial charge on any atom is 0.255 e. The maximum absolute atomic E-state index is 12.4. The molecule has 2 amide bonds. The van der Waals surface area contributed by atoms with Gasteiger partial charge in [-0.2, -0.15) is 0 Å². The lowest BCUT2D eigenvalue weighted by Crippen LogP contribution is -2.15. The SMILES string of the molecule is Cc1ccc(C(=O)Nc2ccc(C)c(NC(=O)C3CC3)c2)cc1Br. The van der Waals surface area contributed by atoms with Crippen LogP contribution in [0.5, 0.6) is 0 Å². The van der Waals surface area contributed by atoms with Gasteiger partial charge in [-0.1, -0.05) is 28.1 Å². The van der Waals surface area contributed by atoms with Crippen LogP contribution in [-0.4, -0.2) is 11.8 Å². The van der Waals surface area contributed by atoms with E-state index in [0.29, 0.717) is 11.3 Å². The lowest BCUT2D eigenvalue weighted by Gasteiger charge is -2.12. The number of hydrogen-bond acceptors (Lipinski definition) is 2. The van der Waals surface area contributed by atoms with E-state index in [9.17, 15) is 9.59 Å². The minimum atomic E-state index is -0.181. The van der Waals surface area contributed by atoms with Gasteiger partial charge < -0.3 is 10.6 Å². The van der Waals surface area contributed by atoms with Gasteiger partial charge in [-0.05, 0) is 62.1 Å². The van der Waals surface area contributed by atoms with E-state index in [0.717, 1.165) is 34.1 Å². The molecule has 0 saturated heterocycles. The average molecular weight is 387 g/mol. The third kappa shape index (κ3) is 3.85. The van der Waals surface area contributed by atoms with Gasteiger partial charge in [0, 0.05) is 27.3 Å². The third-order valence-corrected chi connectivity index (χ3v) is 4.99. The molecule has 0 unspecified atom stereocenters. The third-order valence-electron chi connectivity index (χ3n) is 4.14. The van der Waals surface area contributed by atoms with Gasteiger partial charge in [-0.25, -0.2) is 0 Å². The van der Waals surface area contributed by atoms with E-state index in [2.05, 4.69) is 26.6 Å². The summed E-state index contributed by atoms with van der Waals surface area (Å²) in [4.78, 5) is 24.3. The normalized spacial score (nSPS) is 13.5. The first-order chi connectivity index (χ1) is 11.4. The van der Waals surface area contributed by atoms with Crippen molar-refractivity contribution < 1.29 is 9.59 Å². The van der Waals surface area contributed by atoms with Gasteiger partial charge in [0.1, 0.15) is 0 Å². The van der Waals surface area contributed by atoms with Crippen LogP contribution >= 0.6 is 15.9 Å². The molecular weight excluding hydrogens is 368 g/mol. The van der Waals surface area contributed by atoms with Crippen molar-refractivity contribution in [2.75, 3.05) is 10.6 Å². The van der Waals surface area contributed by atoms with Crippen LogP contribution < -0.4 is 10.6 Å². The Morgan fingerprint density at radius 1 is 1.00 bits per heavy atom. The van der Waals surface area contributed by atoms with Crippen LogP contribution in [0.3, 0.4) is 0 Å². The summed E-state index contributed by atoms with van der Waals surface area (Å²) in [5, 5.41) is 5.82. The van der Waals surface area contributed by atoms with E-state index in [4.69, 9.17) is 0 Å².